The summed E-state index contributed by atoms with van der Waals surface area (Å²) in [7, 11) is -2.19. The Morgan fingerprint density at radius 1 is 1.44 bits per heavy atom. The van der Waals surface area contributed by atoms with Crippen LogP contribution in [0.2, 0.25) is 0 Å². The molecule has 6 heteroatoms. The minimum Gasteiger partial charge on any atom is -0.389 e. The van der Waals surface area contributed by atoms with Gasteiger partial charge in [-0.2, -0.15) is 4.31 Å². The van der Waals surface area contributed by atoms with Crippen molar-refractivity contribution in [2.45, 2.75) is 24.5 Å². The molecule has 0 unspecified atom stereocenters. The Kier molecular flexibility index (Phi) is 3.67. The Labute approximate surface area is 95.8 Å². The summed E-state index contributed by atoms with van der Waals surface area (Å²) in [6.45, 7) is 3.13. The predicted octanol–water partition coefficient (Wildman–Crippen LogP) is 0.473. The van der Waals surface area contributed by atoms with E-state index >= 15 is 0 Å². The maximum Gasteiger partial charge on any atom is 0.260 e. The lowest BCUT2D eigenvalue weighted by molar-refractivity contribution is 0.0639. The third kappa shape index (κ3) is 3.26. The van der Waals surface area contributed by atoms with Crippen molar-refractivity contribution in [2.24, 2.45) is 0 Å². The highest BCUT2D eigenvalue weighted by atomic mass is 32.2. The van der Waals surface area contributed by atoms with Gasteiger partial charge in [-0.1, -0.05) is 6.07 Å². The summed E-state index contributed by atoms with van der Waals surface area (Å²) in [6, 6.07) is 4.68. The van der Waals surface area contributed by atoms with Crippen molar-refractivity contribution in [3.8, 4) is 0 Å². The van der Waals surface area contributed by atoms with Gasteiger partial charge in [0.2, 0.25) is 0 Å². The molecule has 0 saturated carbocycles. The zero-order valence-corrected chi connectivity index (χ0v) is 10.4. The summed E-state index contributed by atoms with van der Waals surface area (Å²) in [5.74, 6) is 0. The molecule has 0 amide bonds. The number of hydrogen-bond donors (Lipinski definition) is 1. The molecule has 0 spiro atoms. The van der Waals surface area contributed by atoms with Crippen molar-refractivity contribution in [2.75, 3.05) is 13.6 Å². The minimum absolute atomic E-state index is 0.0123. The Morgan fingerprint density at radius 3 is 2.50 bits per heavy atom. The highest BCUT2D eigenvalue weighted by Crippen LogP contribution is 2.13. The number of aliphatic hydroxyl groups is 1. The number of sulfonamides is 1. The smallest absolute Gasteiger partial charge is 0.260 e. The van der Waals surface area contributed by atoms with Gasteiger partial charge in [0.05, 0.1) is 5.60 Å². The van der Waals surface area contributed by atoms with Crippen LogP contribution in [0, 0.1) is 0 Å². The van der Waals surface area contributed by atoms with E-state index in [-0.39, 0.29) is 11.6 Å². The van der Waals surface area contributed by atoms with Crippen LogP contribution in [0.25, 0.3) is 0 Å². The Bertz CT molecular complexity index is 437. The number of nitrogens with zero attached hydrogens (tertiary/aromatic N) is 2. The molecule has 1 heterocycles. The number of pyridine rings is 1. The van der Waals surface area contributed by atoms with Gasteiger partial charge in [0.15, 0.2) is 5.03 Å². The Hall–Kier alpha value is -0.980. The van der Waals surface area contributed by atoms with E-state index in [9.17, 15) is 13.5 Å². The maximum atomic E-state index is 12.0. The largest absolute Gasteiger partial charge is 0.389 e. The van der Waals surface area contributed by atoms with E-state index in [0.717, 1.165) is 4.31 Å². The van der Waals surface area contributed by atoms with Crippen LogP contribution in [0.3, 0.4) is 0 Å². The Morgan fingerprint density at radius 2 is 2.06 bits per heavy atom. The number of likely N-dealkylation sites (N-methyl/N-ethyl adjacent to an activating group) is 1. The lowest BCUT2D eigenvalue weighted by Crippen LogP contribution is -2.39. The summed E-state index contributed by atoms with van der Waals surface area (Å²) in [5.41, 5.74) is -1.07. The number of hydrogen-bond acceptors (Lipinski definition) is 4. The average molecular weight is 244 g/mol. The van der Waals surface area contributed by atoms with Crippen LogP contribution in [0.5, 0.6) is 0 Å². The first kappa shape index (κ1) is 13.1. The second kappa shape index (κ2) is 4.48. The molecule has 0 fully saturated rings. The van der Waals surface area contributed by atoms with Crippen molar-refractivity contribution in [1.82, 2.24) is 9.29 Å². The third-order valence-corrected chi connectivity index (χ3v) is 3.64. The summed E-state index contributed by atoms with van der Waals surface area (Å²) in [4.78, 5) is 3.79. The van der Waals surface area contributed by atoms with E-state index in [4.69, 9.17) is 0 Å². The van der Waals surface area contributed by atoms with Crippen molar-refractivity contribution >= 4 is 10.0 Å². The van der Waals surface area contributed by atoms with Crippen molar-refractivity contribution < 1.29 is 13.5 Å². The summed E-state index contributed by atoms with van der Waals surface area (Å²) < 4.78 is 25.0. The summed E-state index contributed by atoms with van der Waals surface area (Å²) in [5, 5.41) is 9.56. The molecular weight excluding hydrogens is 228 g/mol. The van der Waals surface area contributed by atoms with Gasteiger partial charge in [0, 0.05) is 19.8 Å². The molecule has 0 aliphatic heterocycles. The second-order valence-corrected chi connectivity index (χ2v) is 6.23. The standard InChI is InChI=1S/C10H16N2O3S/c1-10(2,13)8-12(3)16(14,15)9-6-4-5-7-11-9/h4-7,13H,8H2,1-3H3. The van der Waals surface area contributed by atoms with E-state index < -0.39 is 15.6 Å². The SMILES string of the molecule is CN(CC(C)(C)O)S(=O)(=O)c1ccccn1. The molecule has 1 aromatic heterocycles. The molecule has 0 radical (unpaired) electrons. The van der Waals surface area contributed by atoms with Gasteiger partial charge in [0.1, 0.15) is 0 Å². The van der Waals surface area contributed by atoms with Crippen LogP contribution in [0.15, 0.2) is 29.4 Å². The normalized spacial score (nSPS) is 13.1. The van der Waals surface area contributed by atoms with E-state index in [2.05, 4.69) is 4.98 Å². The van der Waals surface area contributed by atoms with Gasteiger partial charge in [-0.3, -0.25) is 0 Å². The van der Waals surface area contributed by atoms with Crippen molar-refractivity contribution in [3.63, 3.8) is 0 Å². The minimum atomic E-state index is -3.61. The van der Waals surface area contributed by atoms with Crippen LogP contribution in [-0.4, -0.2) is 42.0 Å². The fraction of sp³-hybridized carbons (Fsp3) is 0.500. The first-order chi connectivity index (χ1) is 7.23. The van der Waals surface area contributed by atoms with Gasteiger partial charge >= 0.3 is 0 Å². The van der Waals surface area contributed by atoms with Gasteiger partial charge in [-0.15, -0.1) is 0 Å². The molecule has 0 bridgehead atoms. The summed E-state index contributed by atoms with van der Waals surface area (Å²) in [6.07, 6.45) is 1.42. The molecular formula is C10H16N2O3S. The molecule has 1 N–H and O–H groups in total. The predicted molar refractivity (Wildman–Crippen MR) is 60.4 cm³/mol. The zero-order chi connectivity index (χ0) is 12.4. The molecule has 90 valence electrons. The average Bonchev–Trinajstić information content (AvgIpc) is 2.16. The highest BCUT2D eigenvalue weighted by molar-refractivity contribution is 7.89. The number of aromatic nitrogens is 1. The quantitative estimate of drug-likeness (QED) is 0.836. The molecule has 0 aliphatic rings. The van der Waals surface area contributed by atoms with Gasteiger partial charge in [-0.25, -0.2) is 13.4 Å². The van der Waals surface area contributed by atoms with E-state index in [1.807, 2.05) is 0 Å². The van der Waals surface area contributed by atoms with Crippen LogP contribution < -0.4 is 0 Å². The molecule has 0 saturated heterocycles. The highest BCUT2D eigenvalue weighted by Gasteiger charge is 2.26. The van der Waals surface area contributed by atoms with Gasteiger partial charge in [0.25, 0.3) is 10.0 Å². The van der Waals surface area contributed by atoms with E-state index in [1.165, 1.54) is 19.3 Å². The first-order valence-corrected chi connectivity index (χ1v) is 6.27. The monoisotopic (exact) mass is 244 g/mol. The zero-order valence-electron chi connectivity index (χ0n) is 9.58. The molecule has 0 aromatic carbocycles. The van der Waals surface area contributed by atoms with Crippen LogP contribution in [0.1, 0.15) is 13.8 Å². The van der Waals surface area contributed by atoms with Crippen molar-refractivity contribution in [1.29, 1.82) is 0 Å². The fourth-order valence-electron chi connectivity index (χ4n) is 1.29. The van der Waals surface area contributed by atoms with Gasteiger partial charge < -0.3 is 5.11 Å². The van der Waals surface area contributed by atoms with Crippen LogP contribution in [-0.2, 0) is 10.0 Å². The fourth-order valence-corrected chi connectivity index (χ4v) is 2.54. The molecule has 1 rings (SSSR count). The first-order valence-electron chi connectivity index (χ1n) is 4.83. The Balaban J connectivity index is 2.96. The van der Waals surface area contributed by atoms with Crippen molar-refractivity contribution in [3.05, 3.63) is 24.4 Å². The third-order valence-electron chi connectivity index (χ3n) is 1.92. The molecule has 5 nitrogen and oxygen atoms in total. The van der Waals surface area contributed by atoms with Crippen LogP contribution in [0.4, 0.5) is 0 Å². The molecule has 0 atom stereocenters. The van der Waals surface area contributed by atoms with Crippen LogP contribution >= 0.6 is 0 Å². The van der Waals surface area contributed by atoms with E-state index in [0.29, 0.717) is 0 Å². The van der Waals surface area contributed by atoms with E-state index in [1.54, 1.807) is 26.0 Å². The molecule has 16 heavy (non-hydrogen) atoms. The van der Waals surface area contributed by atoms with Gasteiger partial charge in [-0.05, 0) is 26.0 Å². The second-order valence-electron chi connectivity index (χ2n) is 4.24. The lowest BCUT2D eigenvalue weighted by Gasteiger charge is -2.24. The maximum absolute atomic E-state index is 12.0. The lowest BCUT2D eigenvalue weighted by atomic mass is 10.1. The molecule has 1 aromatic rings. The molecule has 0 aliphatic carbocycles. The topological polar surface area (TPSA) is 70.5 Å². The summed E-state index contributed by atoms with van der Waals surface area (Å²) >= 11 is 0. The number of rotatable bonds is 4.